The lowest BCUT2D eigenvalue weighted by Gasteiger charge is -2.34. The molecule has 0 bridgehead atoms. The van der Waals surface area contributed by atoms with E-state index < -0.39 is 0 Å². The van der Waals surface area contributed by atoms with Crippen LogP contribution in [0.25, 0.3) is 0 Å². The van der Waals surface area contributed by atoms with Gasteiger partial charge in [0.25, 0.3) is 0 Å². The Balaban J connectivity index is 2.41. The maximum absolute atomic E-state index is 5.60. The van der Waals surface area contributed by atoms with Crippen molar-refractivity contribution in [1.82, 2.24) is 5.32 Å². The maximum atomic E-state index is 5.60. The van der Waals surface area contributed by atoms with Gasteiger partial charge in [-0.3, -0.25) is 0 Å². The van der Waals surface area contributed by atoms with E-state index in [1.807, 2.05) is 0 Å². The molecule has 1 fully saturated rings. The molecule has 1 heterocycles. The summed E-state index contributed by atoms with van der Waals surface area (Å²) in [5.74, 6) is 1.45. The zero-order chi connectivity index (χ0) is 10.4. The van der Waals surface area contributed by atoms with Gasteiger partial charge in [0, 0.05) is 19.3 Å². The summed E-state index contributed by atoms with van der Waals surface area (Å²) in [6.07, 6.45) is 3.50. The molecule has 0 spiro atoms. The highest BCUT2D eigenvalue weighted by atomic mass is 16.5. The van der Waals surface area contributed by atoms with Crippen molar-refractivity contribution in [3.8, 4) is 0 Å². The molecule has 0 aromatic carbocycles. The fraction of sp³-hybridized carbons (Fsp3) is 1.00. The van der Waals surface area contributed by atoms with Crippen LogP contribution in [0.2, 0.25) is 0 Å². The predicted molar refractivity (Wildman–Crippen MR) is 59.2 cm³/mol. The predicted octanol–water partition coefficient (Wildman–Crippen LogP) is 0.986. The molecule has 84 valence electrons. The van der Waals surface area contributed by atoms with Gasteiger partial charge in [-0.15, -0.1) is 0 Å². The summed E-state index contributed by atoms with van der Waals surface area (Å²) in [5.41, 5.74) is 5.60. The molecule has 0 aliphatic carbocycles. The zero-order valence-electron chi connectivity index (χ0n) is 9.46. The van der Waals surface area contributed by atoms with Crippen LogP contribution >= 0.6 is 0 Å². The molecule has 3 nitrogen and oxygen atoms in total. The minimum Gasteiger partial charge on any atom is -0.381 e. The van der Waals surface area contributed by atoms with Gasteiger partial charge >= 0.3 is 0 Å². The Labute approximate surface area is 87.4 Å². The summed E-state index contributed by atoms with van der Waals surface area (Å²) in [5, 5.41) is 3.45. The third-order valence-corrected chi connectivity index (χ3v) is 3.34. The van der Waals surface area contributed by atoms with Crippen molar-refractivity contribution >= 4 is 0 Å². The topological polar surface area (TPSA) is 47.3 Å². The molecular formula is C11H24N2O. The lowest BCUT2D eigenvalue weighted by Crippen LogP contribution is -2.42. The Kier molecular flexibility index (Phi) is 5.45. The van der Waals surface area contributed by atoms with Gasteiger partial charge in [0.2, 0.25) is 0 Å². The Hall–Kier alpha value is -0.120. The van der Waals surface area contributed by atoms with Crippen molar-refractivity contribution in [3.05, 3.63) is 0 Å². The van der Waals surface area contributed by atoms with Crippen LogP contribution in [-0.4, -0.2) is 32.8 Å². The summed E-state index contributed by atoms with van der Waals surface area (Å²) < 4.78 is 5.38. The zero-order valence-corrected chi connectivity index (χ0v) is 9.46. The number of nitrogens with two attached hydrogens (primary N) is 1. The number of rotatable bonds is 5. The molecule has 0 amide bonds. The molecule has 3 heteroatoms. The number of hydrogen-bond donors (Lipinski definition) is 2. The van der Waals surface area contributed by atoms with E-state index in [0.29, 0.717) is 12.0 Å². The van der Waals surface area contributed by atoms with E-state index in [9.17, 15) is 0 Å². The second-order valence-electron chi connectivity index (χ2n) is 4.32. The first-order valence-electron chi connectivity index (χ1n) is 5.74. The first kappa shape index (κ1) is 12.0. The molecule has 2 unspecified atom stereocenters. The smallest absolute Gasteiger partial charge is 0.0469 e. The van der Waals surface area contributed by atoms with Crippen LogP contribution < -0.4 is 11.1 Å². The summed E-state index contributed by atoms with van der Waals surface area (Å²) >= 11 is 0. The van der Waals surface area contributed by atoms with Crippen molar-refractivity contribution in [2.24, 2.45) is 17.6 Å². The van der Waals surface area contributed by atoms with Crippen molar-refractivity contribution in [1.29, 1.82) is 0 Å². The average Bonchev–Trinajstić information content (AvgIpc) is 2.21. The molecular weight excluding hydrogens is 176 g/mol. The second-order valence-corrected chi connectivity index (χ2v) is 4.32. The van der Waals surface area contributed by atoms with Crippen molar-refractivity contribution in [2.45, 2.75) is 32.2 Å². The fourth-order valence-corrected chi connectivity index (χ4v) is 2.50. The maximum Gasteiger partial charge on any atom is 0.0469 e. The standard InChI is InChI=1S/C11H24N2O/c1-9(3-6-12)11(13-2)10-4-7-14-8-5-10/h9-11,13H,3-8,12H2,1-2H3. The van der Waals surface area contributed by atoms with E-state index in [1.165, 1.54) is 12.8 Å². The summed E-state index contributed by atoms with van der Waals surface area (Å²) in [6, 6.07) is 0.613. The fourth-order valence-electron chi connectivity index (χ4n) is 2.50. The van der Waals surface area contributed by atoms with Crippen LogP contribution in [0.4, 0.5) is 0 Å². The molecule has 1 aliphatic rings. The quantitative estimate of drug-likeness (QED) is 0.695. The van der Waals surface area contributed by atoms with Crippen LogP contribution in [0.3, 0.4) is 0 Å². The molecule has 3 N–H and O–H groups in total. The van der Waals surface area contributed by atoms with Gasteiger partial charge in [-0.2, -0.15) is 0 Å². The molecule has 1 saturated heterocycles. The molecule has 0 radical (unpaired) electrons. The highest BCUT2D eigenvalue weighted by Gasteiger charge is 2.26. The third-order valence-electron chi connectivity index (χ3n) is 3.34. The van der Waals surface area contributed by atoms with E-state index >= 15 is 0 Å². The first-order chi connectivity index (χ1) is 6.79. The van der Waals surface area contributed by atoms with Crippen LogP contribution in [0, 0.1) is 11.8 Å². The number of hydrogen-bond acceptors (Lipinski definition) is 3. The third kappa shape index (κ3) is 3.23. The van der Waals surface area contributed by atoms with E-state index in [-0.39, 0.29) is 0 Å². The van der Waals surface area contributed by atoms with Crippen molar-refractivity contribution < 1.29 is 4.74 Å². The average molecular weight is 200 g/mol. The number of ether oxygens (including phenoxy) is 1. The van der Waals surface area contributed by atoms with Gasteiger partial charge in [-0.25, -0.2) is 0 Å². The highest BCUT2D eigenvalue weighted by Crippen LogP contribution is 2.24. The molecule has 0 aromatic rings. The molecule has 1 aliphatic heterocycles. The van der Waals surface area contributed by atoms with Gasteiger partial charge in [-0.1, -0.05) is 6.92 Å². The largest absolute Gasteiger partial charge is 0.381 e. The summed E-state index contributed by atoms with van der Waals surface area (Å²) in [6.45, 7) is 4.95. The van der Waals surface area contributed by atoms with Gasteiger partial charge in [0.05, 0.1) is 0 Å². The normalized spacial score (nSPS) is 23.4. The highest BCUT2D eigenvalue weighted by molar-refractivity contribution is 4.81. The summed E-state index contributed by atoms with van der Waals surface area (Å²) in [7, 11) is 2.06. The summed E-state index contributed by atoms with van der Waals surface area (Å²) in [4.78, 5) is 0. The van der Waals surface area contributed by atoms with E-state index in [2.05, 4.69) is 19.3 Å². The van der Waals surface area contributed by atoms with E-state index in [4.69, 9.17) is 10.5 Å². The molecule has 0 aromatic heterocycles. The first-order valence-corrected chi connectivity index (χ1v) is 5.74. The monoisotopic (exact) mass is 200 g/mol. The van der Waals surface area contributed by atoms with Gasteiger partial charge in [0.15, 0.2) is 0 Å². The van der Waals surface area contributed by atoms with Crippen LogP contribution in [-0.2, 0) is 4.74 Å². The van der Waals surface area contributed by atoms with Crippen molar-refractivity contribution in [2.75, 3.05) is 26.8 Å². The Morgan fingerprint density at radius 1 is 1.43 bits per heavy atom. The van der Waals surface area contributed by atoms with Crippen LogP contribution in [0.15, 0.2) is 0 Å². The SMILES string of the molecule is CNC(C(C)CCN)C1CCOCC1. The lowest BCUT2D eigenvalue weighted by molar-refractivity contribution is 0.0466. The van der Waals surface area contributed by atoms with Gasteiger partial charge < -0.3 is 15.8 Å². The number of nitrogens with one attached hydrogen (secondary N) is 1. The Morgan fingerprint density at radius 2 is 2.07 bits per heavy atom. The molecule has 14 heavy (non-hydrogen) atoms. The van der Waals surface area contributed by atoms with E-state index in [1.54, 1.807) is 0 Å². The Bertz CT molecular complexity index is 146. The lowest BCUT2D eigenvalue weighted by atomic mass is 9.83. The van der Waals surface area contributed by atoms with E-state index in [0.717, 1.165) is 32.1 Å². The van der Waals surface area contributed by atoms with Crippen molar-refractivity contribution in [3.63, 3.8) is 0 Å². The van der Waals surface area contributed by atoms with Crippen LogP contribution in [0.1, 0.15) is 26.2 Å². The Morgan fingerprint density at radius 3 is 2.57 bits per heavy atom. The molecule has 1 rings (SSSR count). The molecule has 0 saturated carbocycles. The van der Waals surface area contributed by atoms with Gasteiger partial charge in [0.1, 0.15) is 0 Å². The molecule has 2 atom stereocenters. The second kappa shape index (κ2) is 6.38. The van der Waals surface area contributed by atoms with Gasteiger partial charge in [-0.05, 0) is 44.7 Å². The minimum atomic E-state index is 0.613. The minimum absolute atomic E-state index is 0.613. The van der Waals surface area contributed by atoms with Crippen LogP contribution in [0.5, 0.6) is 0 Å².